The molecule has 1 unspecified atom stereocenters. The number of rotatable bonds is 10. The van der Waals surface area contributed by atoms with E-state index in [9.17, 15) is 24.3 Å². The number of hydrogen-bond donors (Lipinski definition) is 4. The van der Waals surface area contributed by atoms with Crippen LogP contribution in [-0.2, 0) is 4.79 Å². The number of amides is 1. The van der Waals surface area contributed by atoms with Gasteiger partial charge in [0.1, 0.15) is 11.4 Å². The molecule has 0 spiro atoms. The molecular weight excluding hydrogens is 507 g/mol. The van der Waals surface area contributed by atoms with Crippen molar-refractivity contribution in [1.82, 2.24) is 4.98 Å². The summed E-state index contributed by atoms with van der Waals surface area (Å²) in [5, 5.41) is 18.2. The number of pyridine rings is 1. The molecule has 0 saturated carbocycles. The van der Waals surface area contributed by atoms with E-state index in [4.69, 9.17) is 23.2 Å². The van der Waals surface area contributed by atoms with Gasteiger partial charge >= 0.3 is 5.97 Å². The highest BCUT2D eigenvalue weighted by Crippen LogP contribution is 2.28. The van der Waals surface area contributed by atoms with Gasteiger partial charge in [0.15, 0.2) is 0 Å². The lowest BCUT2D eigenvalue weighted by atomic mass is 9.92. The number of aromatic nitrogens is 1. The van der Waals surface area contributed by atoms with Crippen molar-refractivity contribution in [3.05, 3.63) is 78.3 Å². The molecule has 11 heteroatoms. The third-order valence-corrected chi connectivity index (χ3v) is 6.01. The molecule has 1 heterocycles. The molecule has 0 aliphatic heterocycles. The zero-order valence-corrected chi connectivity index (χ0v) is 21.5. The van der Waals surface area contributed by atoms with Crippen LogP contribution < -0.4 is 26.8 Å². The van der Waals surface area contributed by atoms with Gasteiger partial charge in [0.05, 0.1) is 28.1 Å². The lowest BCUT2D eigenvalue weighted by Gasteiger charge is -2.23. The van der Waals surface area contributed by atoms with E-state index in [-0.39, 0.29) is 38.8 Å². The molecule has 0 bridgehead atoms. The number of nitrogens with one attached hydrogen (secondary N) is 3. The van der Waals surface area contributed by atoms with Crippen LogP contribution in [0.2, 0.25) is 10.0 Å². The van der Waals surface area contributed by atoms with Gasteiger partial charge in [-0.05, 0) is 29.5 Å². The first kappa shape index (κ1) is 27.2. The average molecular weight is 533 g/mol. The van der Waals surface area contributed by atoms with E-state index >= 15 is 0 Å². The first-order chi connectivity index (χ1) is 16.9. The predicted molar refractivity (Wildman–Crippen MR) is 141 cm³/mol. The van der Waals surface area contributed by atoms with Crippen molar-refractivity contribution >= 4 is 52.1 Å². The van der Waals surface area contributed by atoms with Crippen molar-refractivity contribution in [1.29, 1.82) is 0 Å². The van der Waals surface area contributed by atoms with Crippen LogP contribution in [0.5, 0.6) is 0 Å². The molecule has 3 aromatic rings. The number of anilines is 3. The lowest BCUT2D eigenvalue weighted by Crippen LogP contribution is -2.38. The van der Waals surface area contributed by atoms with E-state index in [1.165, 1.54) is 12.4 Å². The summed E-state index contributed by atoms with van der Waals surface area (Å²) in [6.45, 7) is 6.67. The molecule has 3 rings (SSSR count). The molecular formula is C25H26Cl2N4O5. The van der Waals surface area contributed by atoms with Gasteiger partial charge in [0.25, 0.3) is 16.8 Å². The summed E-state index contributed by atoms with van der Waals surface area (Å²) in [5.41, 5.74) is -0.0201. The maximum absolute atomic E-state index is 12.6. The van der Waals surface area contributed by atoms with Crippen molar-refractivity contribution in [2.75, 3.05) is 22.5 Å². The van der Waals surface area contributed by atoms with Crippen LogP contribution >= 0.6 is 23.2 Å². The van der Waals surface area contributed by atoms with Gasteiger partial charge < -0.3 is 21.1 Å². The second-order valence-electron chi connectivity index (χ2n) is 9.49. The minimum atomic E-state index is -1.09. The van der Waals surface area contributed by atoms with Gasteiger partial charge in [0.2, 0.25) is 0 Å². The van der Waals surface area contributed by atoms with Crippen LogP contribution in [-0.4, -0.2) is 28.5 Å². The van der Waals surface area contributed by atoms with Crippen LogP contribution in [0.4, 0.5) is 17.1 Å². The fraction of sp³-hybridized carbons (Fsp3) is 0.320. The predicted octanol–water partition coefficient (Wildman–Crippen LogP) is 4.71. The summed E-state index contributed by atoms with van der Waals surface area (Å²) in [7, 11) is 0. The maximum atomic E-state index is 12.6. The number of aliphatic carboxylic acids is 1. The maximum Gasteiger partial charge on any atom is 0.305 e. The Morgan fingerprint density at radius 2 is 1.58 bits per heavy atom. The highest BCUT2D eigenvalue weighted by molar-refractivity contribution is 6.40. The van der Waals surface area contributed by atoms with E-state index < -0.39 is 28.8 Å². The first-order valence-electron chi connectivity index (χ1n) is 11.1. The van der Waals surface area contributed by atoms with Gasteiger partial charge in [0, 0.05) is 24.6 Å². The zero-order valence-electron chi connectivity index (χ0n) is 19.9. The summed E-state index contributed by atoms with van der Waals surface area (Å²) >= 11 is 12.1. The van der Waals surface area contributed by atoms with Crippen LogP contribution in [0.25, 0.3) is 0 Å². The fourth-order valence-electron chi connectivity index (χ4n) is 3.48. The molecule has 0 aliphatic rings. The summed E-state index contributed by atoms with van der Waals surface area (Å²) in [4.78, 5) is 52.2. The van der Waals surface area contributed by atoms with Crippen molar-refractivity contribution < 1.29 is 14.7 Å². The van der Waals surface area contributed by atoms with Gasteiger partial charge in [-0.25, -0.2) is 0 Å². The molecule has 190 valence electrons. The molecule has 4 N–H and O–H groups in total. The van der Waals surface area contributed by atoms with Crippen molar-refractivity contribution in [2.45, 2.75) is 39.7 Å². The fourth-order valence-corrected chi connectivity index (χ4v) is 4.02. The number of carboxylic acid groups (broad SMARTS) is 1. The van der Waals surface area contributed by atoms with E-state index in [1.807, 2.05) is 0 Å². The van der Waals surface area contributed by atoms with Crippen LogP contribution in [0.1, 0.15) is 55.6 Å². The summed E-state index contributed by atoms with van der Waals surface area (Å²) < 4.78 is 0. The Morgan fingerprint density at radius 1 is 1.00 bits per heavy atom. The molecule has 1 amide bonds. The van der Waals surface area contributed by atoms with Crippen LogP contribution in [0, 0.1) is 5.41 Å². The van der Waals surface area contributed by atoms with Crippen LogP contribution in [0.3, 0.4) is 0 Å². The number of nitrogens with zero attached hydrogens (tertiary/aromatic N) is 1. The number of carbonyl (C=O) groups excluding carboxylic acids is 1. The molecule has 0 radical (unpaired) electrons. The molecule has 1 atom stereocenters. The average Bonchev–Trinajstić information content (AvgIpc) is 2.79. The Morgan fingerprint density at radius 3 is 2.14 bits per heavy atom. The standard InChI is InChI=1S/C25H26Cl2N4O5/c1-25(2,3)8-9-29-20-21(23(35)22(20)34)31-17(10-18(32)33)13-4-6-14(7-5-13)30-24(36)19-15(26)11-28-12-16(19)27/h4-7,11-12,17,29,31H,8-10H2,1-3H3,(H,30,36)(H,32,33). The molecule has 2 aromatic carbocycles. The number of hydrogen-bond acceptors (Lipinski definition) is 7. The second-order valence-corrected chi connectivity index (χ2v) is 10.3. The number of halogens is 2. The van der Waals surface area contributed by atoms with Crippen molar-refractivity contribution in [3.63, 3.8) is 0 Å². The smallest absolute Gasteiger partial charge is 0.305 e. The molecule has 1 aromatic heterocycles. The highest BCUT2D eigenvalue weighted by Gasteiger charge is 2.26. The first-order valence-corrected chi connectivity index (χ1v) is 11.9. The van der Waals surface area contributed by atoms with E-state index in [1.54, 1.807) is 24.3 Å². The van der Waals surface area contributed by atoms with Gasteiger partial charge in [-0.1, -0.05) is 56.1 Å². The summed E-state index contributed by atoms with van der Waals surface area (Å²) in [5.74, 6) is -1.62. The minimum absolute atomic E-state index is 0.0367. The third kappa shape index (κ3) is 6.61. The third-order valence-electron chi connectivity index (χ3n) is 5.44. The largest absolute Gasteiger partial charge is 0.481 e. The monoisotopic (exact) mass is 532 g/mol. The summed E-state index contributed by atoms with van der Waals surface area (Å²) in [6, 6.07) is 5.60. The Labute approximate surface area is 217 Å². The van der Waals surface area contributed by atoms with E-state index in [0.717, 1.165) is 6.42 Å². The van der Waals surface area contributed by atoms with Crippen LogP contribution in [0.15, 0.2) is 46.2 Å². The van der Waals surface area contributed by atoms with Crippen molar-refractivity contribution in [2.24, 2.45) is 5.41 Å². The molecule has 0 aliphatic carbocycles. The Hall–Kier alpha value is -3.43. The minimum Gasteiger partial charge on any atom is -0.481 e. The Kier molecular flexibility index (Phi) is 8.37. The highest BCUT2D eigenvalue weighted by atomic mass is 35.5. The quantitative estimate of drug-likeness (QED) is 0.275. The summed E-state index contributed by atoms with van der Waals surface area (Å²) in [6.07, 6.45) is 3.04. The number of benzene rings is 1. The Bertz CT molecular complexity index is 1320. The normalized spacial score (nSPS) is 12.2. The van der Waals surface area contributed by atoms with Gasteiger partial charge in [-0.3, -0.25) is 24.2 Å². The number of carboxylic acids is 1. The molecule has 0 saturated heterocycles. The van der Waals surface area contributed by atoms with E-state index in [0.29, 0.717) is 17.8 Å². The molecule has 36 heavy (non-hydrogen) atoms. The number of carbonyl (C=O) groups is 2. The van der Waals surface area contributed by atoms with Gasteiger partial charge in [-0.15, -0.1) is 0 Å². The SMILES string of the molecule is CC(C)(C)CCNc1c(NC(CC(=O)O)c2ccc(NC(=O)c3c(Cl)cncc3Cl)cc2)c(=O)c1=O. The molecule has 0 fully saturated rings. The van der Waals surface area contributed by atoms with E-state index in [2.05, 4.69) is 41.7 Å². The molecule has 9 nitrogen and oxygen atoms in total. The lowest BCUT2D eigenvalue weighted by molar-refractivity contribution is -0.137. The van der Waals surface area contributed by atoms with Gasteiger partial charge in [-0.2, -0.15) is 0 Å². The van der Waals surface area contributed by atoms with Crippen molar-refractivity contribution in [3.8, 4) is 0 Å². The topological polar surface area (TPSA) is 137 Å². The zero-order chi connectivity index (χ0) is 26.6. The Balaban J connectivity index is 1.76. The second kappa shape index (κ2) is 11.1.